The first-order valence-electron chi connectivity index (χ1n) is 7.15. The Bertz CT molecular complexity index is 620. The largest absolute Gasteiger partial charge is 0.459 e. The molecule has 2 fully saturated rings. The molecule has 0 saturated heterocycles. The van der Waals surface area contributed by atoms with Crippen molar-refractivity contribution in [3.05, 3.63) is 35.0 Å². The molecule has 3 heteroatoms. The summed E-state index contributed by atoms with van der Waals surface area (Å²) in [6.45, 7) is 0. The van der Waals surface area contributed by atoms with E-state index in [1.165, 1.54) is 25.7 Å². The van der Waals surface area contributed by atoms with Crippen molar-refractivity contribution in [3.63, 3.8) is 0 Å². The molecule has 2 nitrogen and oxygen atoms in total. The van der Waals surface area contributed by atoms with Crippen LogP contribution >= 0.6 is 11.6 Å². The van der Waals surface area contributed by atoms with Crippen molar-refractivity contribution < 1.29 is 4.42 Å². The highest BCUT2D eigenvalue weighted by atomic mass is 35.5. The van der Waals surface area contributed by atoms with Crippen LogP contribution in [-0.2, 0) is 0 Å². The number of hydrogen-bond acceptors (Lipinski definition) is 2. The first-order valence-corrected chi connectivity index (χ1v) is 7.53. The lowest BCUT2D eigenvalue weighted by Crippen LogP contribution is -2.25. The Hall–Kier alpha value is -0.990. The van der Waals surface area contributed by atoms with E-state index >= 15 is 0 Å². The highest BCUT2D eigenvalue weighted by molar-refractivity contribution is 6.31. The molecule has 4 rings (SSSR count). The molecule has 1 heterocycles. The molecule has 19 heavy (non-hydrogen) atoms. The van der Waals surface area contributed by atoms with Crippen LogP contribution in [0.1, 0.15) is 37.5 Å². The molecule has 4 atom stereocenters. The van der Waals surface area contributed by atoms with Gasteiger partial charge in [-0.2, -0.15) is 0 Å². The van der Waals surface area contributed by atoms with Crippen LogP contribution in [0.3, 0.4) is 0 Å². The van der Waals surface area contributed by atoms with E-state index in [4.69, 9.17) is 21.8 Å². The quantitative estimate of drug-likeness (QED) is 0.875. The molecule has 2 aliphatic carbocycles. The van der Waals surface area contributed by atoms with Crippen molar-refractivity contribution in [1.29, 1.82) is 0 Å². The minimum atomic E-state index is 0.0430. The normalized spacial score (nSPS) is 31.2. The lowest BCUT2D eigenvalue weighted by atomic mass is 9.83. The van der Waals surface area contributed by atoms with Crippen LogP contribution < -0.4 is 5.73 Å². The van der Waals surface area contributed by atoms with Crippen LogP contribution in [0, 0.1) is 17.8 Å². The van der Waals surface area contributed by atoms with Crippen LogP contribution in [0.25, 0.3) is 11.0 Å². The minimum absolute atomic E-state index is 0.0430. The van der Waals surface area contributed by atoms with E-state index < -0.39 is 0 Å². The van der Waals surface area contributed by atoms with E-state index in [-0.39, 0.29) is 6.04 Å². The van der Waals surface area contributed by atoms with Gasteiger partial charge in [0.05, 0.1) is 6.04 Å². The fourth-order valence-corrected chi connectivity index (χ4v) is 4.32. The Kier molecular flexibility index (Phi) is 2.64. The average molecular weight is 276 g/mol. The average Bonchev–Trinajstić information content (AvgIpc) is 3.11. The second-order valence-corrected chi connectivity index (χ2v) is 6.63. The summed E-state index contributed by atoms with van der Waals surface area (Å²) in [6, 6.07) is 7.84. The third kappa shape index (κ3) is 1.89. The summed E-state index contributed by atoms with van der Waals surface area (Å²) in [5, 5.41) is 1.80. The van der Waals surface area contributed by atoms with E-state index in [1.807, 2.05) is 18.2 Å². The van der Waals surface area contributed by atoms with Gasteiger partial charge >= 0.3 is 0 Å². The highest BCUT2D eigenvalue weighted by Gasteiger charge is 2.43. The molecule has 2 aliphatic rings. The number of nitrogens with two attached hydrogens (primary N) is 1. The summed E-state index contributed by atoms with van der Waals surface area (Å²) < 4.78 is 5.92. The van der Waals surface area contributed by atoms with Gasteiger partial charge in [-0.05, 0) is 61.3 Å². The maximum atomic E-state index is 6.46. The highest BCUT2D eigenvalue weighted by Crippen LogP contribution is 2.52. The Morgan fingerprint density at radius 2 is 2.11 bits per heavy atom. The Balaban J connectivity index is 1.66. The van der Waals surface area contributed by atoms with Gasteiger partial charge in [0.2, 0.25) is 0 Å². The molecule has 1 aromatic carbocycles. The smallest absolute Gasteiger partial charge is 0.134 e. The minimum Gasteiger partial charge on any atom is -0.459 e. The lowest BCUT2D eigenvalue weighted by molar-refractivity contribution is 0.263. The third-order valence-corrected chi connectivity index (χ3v) is 5.32. The van der Waals surface area contributed by atoms with Gasteiger partial charge in [-0.15, -0.1) is 0 Å². The molecular formula is C16H18ClNO. The molecule has 4 unspecified atom stereocenters. The van der Waals surface area contributed by atoms with E-state index in [9.17, 15) is 0 Å². The van der Waals surface area contributed by atoms with E-state index in [1.54, 1.807) is 0 Å². The molecule has 0 aliphatic heterocycles. The molecular weight excluding hydrogens is 258 g/mol. The zero-order chi connectivity index (χ0) is 13.0. The fourth-order valence-electron chi connectivity index (χ4n) is 4.14. The van der Waals surface area contributed by atoms with Crippen molar-refractivity contribution in [2.45, 2.75) is 31.7 Å². The van der Waals surface area contributed by atoms with Gasteiger partial charge in [-0.3, -0.25) is 0 Å². The summed E-state index contributed by atoms with van der Waals surface area (Å²) in [7, 11) is 0. The number of rotatable bonds is 2. The molecule has 2 bridgehead atoms. The molecule has 2 saturated carbocycles. The number of fused-ring (bicyclic) bond motifs is 3. The predicted octanol–water partition coefficient (Wildman–Crippen LogP) is 4.52. The van der Waals surface area contributed by atoms with Crippen molar-refractivity contribution in [2.75, 3.05) is 0 Å². The molecule has 0 radical (unpaired) electrons. The number of furan rings is 1. The fraction of sp³-hybridized carbons (Fsp3) is 0.500. The summed E-state index contributed by atoms with van der Waals surface area (Å²) in [4.78, 5) is 0. The zero-order valence-electron chi connectivity index (χ0n) is 10.8. The van der Waals surface area contributed by atoms with Crippen molar-refractivity contribution in [2.24, 2.45) is 23.5 Å². The van der Waals surface area contributed by atoms with Crippen LogP contribution in [0.4, 0.5) is 0 Å². The van der Waals surface area contributed by atoms with Crippen LogP contribution in [0.2, 0.25) is 5.02 Å². The summed E-state index contributed by atoms with van der Waals surface area (Å²) >= 11 is 6.01. The lowest BCUT2D eigenvalue weighted by Gasteiger charge is -2.26. The van der Waals surface area contributed by atoms with Gasteiger partial charge in [0.25, 0.3) is 0 Å². The standard InChI is InChI=1S/C16H18ClNO/c17-12-3-4-14-11(7-12)8-15(19-14)16(18)13-6-9-1-2-10(13)5-9/h3-4,7-10,13,16H,1-2,5-6,18H2. The van der Waals surface area contributed by atoms with Gasteiger partial charge in [0.1, 0.15) is 11.3 Å². The van der Waals surface area contributed by atoms with Crippen LogP contribution in [-0.4, -0.2) is 0 Å². The van der Waals surface area contributed by atoms with E-state index in [2.05, 4.69) is 6.07 Å². The van der Waals surface area contributed by atoms with Gasteiger partial charge in [0, 0.05) is 10.4 Å². The maximum absolute atomic E-state index is 6.46. The van der Waals surface area contributed by atoms with E-state index in [0.29, 0.717) is 5.92 Å². The molecule has 0 amide bonds. The first kappa shape index (κ1) is 11.8. The van der Waals surface area contributed by atoms with Gasteiger partial charge < -0.3 is 10.2 Å². The first-order chi connectivity index (χ1) is 9.20. The van der Waals surface area contributed by atoms with Crippen molar-refractivity contribution >= 4 is 22.6 Å². The monoisotopic (exact) mass is 275 g/mol. The second kappa shape index (κ2) is 4.26. The van der Waals surface area contributed by atoms with Gasteiger partial charge in [-0.25, -0.2) is 0 Å². The maximum Gasteiger partial charge on any atom is 0.134 e. The second-order valence-electron chi connectivity index (χ2n) is 6.20. The van der Waals surface area contributed by atoms with Crippen molar-refractivity contribution in [1.82, 2.24) is 0 Å². The zero-order valence-corrected chi connectivity index (χ0v) is 11.6. The number of hydrogen-bond donors (Lipinski definition) is 1. The summed E-state index contributed by atoms with van der Waals surface area (Å²) in [6.07, 6.45) is 5.42. The van der Waals surface area contributed by atoms with E-state index in [0.717, 1.165) is 33.6 Å². The Morgan fingerprint density at radius 1 is 1.21 bits per heavy atom. The molecule has 1 aromatic heterocycles. The Labute approximate surface area is 117 Å². The summed E-state index contributed by atoms with van der Waals surface area (Å²) in [5.74, 6) is 3.27. The SMILES string of the molecule is NC(c1cc2cc(Cl)ccc2o1)C1CC2CCC1C2. The molecule has 2 N–H and O–H groups in total. The molecule has 2 aromatic rings. The molecule has 100 valence electrons. The number of benzene rings is 1. The topological polar surface area (TPSA) is 39.2 Å². The van der Waals surface area contributed by atoms with Gasteiger partial charge in [-0.1, -0.05) is 18.0 Å². The van der Waals surface area contributed by atoms with Crippen molar-refractivity contribution in [3.8, 4) is 0 Å². The number of halogens is 1. The predicted molar refractivity (Wildman–Crippen MR) is 77.1 cm³/mol. The third-order valence-electron chi connectivity index (χ3n) is 5.08. The van der Waals surface area contributed by atoms with Gasteiger partial charge in [0.15, 0.2) is 0 Å². The summed E-state index contributed by atoms with van der Waals surface area (Å²) in [5.41, 5.74) is 7.35. The van der Waals surface area contributed by atoms with Crippen LogP contribution in [0.5, 0.6) is 0 Å². The molecule has 0 spiro atoms. The van der Waals surface area contributed by atoms with Crippen LogP contribution in [0.15, 0.2) is 28.7 Å². The Morgan fingerprint density at radius 3 is 2.84 bits per heavy atom.